The maximum atomic E-state index is 12.1. The molecule has 0 aliphatic rings. The number of aryl methyl sites for hydroxylation is 1. The number of nitrogens with zero attached hydrogens (tertiary/aromatic N) is 2. The molecule has 6 nitrogen and oxygen atoms in total. The Bertz CT molecular complexity index is 653. The van der Waals surface area contributed by atoms with E-state index < -0.39 is 14.6 Å². The summed E-state index contributed by atoms with van der Waals surface area (Å²) in [5.41, 5.74) is 0.287. The summed E-state index contributed by atoms with van der Waals surface area (Å²) in [6, 6.07) is 0. The predicted octanol–water partition coefficient (Wildman–Crippen LogP) is 2.04. The highest BCUT2D eigenvalue weighted by Crippen LogP contribution is 2.20. The maximum Gasteiger partial charge on any atom is 0.283 e. The van der Waals surface area contributed by atoms with Crippen molar-refractivity contribution in [2.45, 2.75) is 44.9 Å². The number of hydrogen-bond acceptors (Lipinski definition) is 5. The molecule has 1 N–H and O–H groups in total. The van der Waals surface area contributed by atoms with E-state index in [0.29, 0.717) is 16.7 Å². The van der Waals surface area contributed by atoms with Crippen molar-refractivity contribution in [2.75, 3.05) is 18.1 Å². The van der Waals surface area contributed by atoms with Crippen molar-refractivity contribution in [3.05, 3.63) is 21.0 Å². The van der Waals surface area contributed by atoms with Crippen LogP contribution in [0.1, 0.15) is 33.6 Å². The highest BCUT2D eigenvalue weighted by atomic mass is 79.9. The number of hydrogen-bond donors (Lipinski definition) is 1. The lowest BCUT2D eigenvalue weighted by atomic mass is 10.2. The van der Waals surface area contributed by atoms with Crippen molar-refractivity contribution in [1.29, 1.82) is 0 Å². The van der Waals surface area contributed by atoms with Crippen molar-refractivity contribution in [2.24, 2.45) is 0 Å². The van der Waals surface area contributed by atoms with Crippen LogP contribution in [0.3, 0.4) is 0 Å². The Morgan fingerprint density at radius 1 is 1.43 bits per heavy atom. The van der Waals surface area contributed by atoms with Crippen molar-refractivity contribution in [3.8, 4) is 0 Å². The summed E-state index contributed by atoms with van der Waals surface area (Å²) in [5, 5.41) is 7.08. The smallest absolute Gasteiger partial charge is 0.283 e. The van der Waals surface area contributed by atoms with Gasteiger partial charge in [0, 0.05) is 19.3 Å². The molecule has 0 radical (unpaired) electrons. The minimum atomic E-state index is -3.20. The van der Waals surface area contributed by atoms with Crippen molar-refractivity contribution in [1.82, 2.24) is 9.78 Å². The van der Waals surface area contributed by atoms with Crippen LogP contribution in [0.4, 0.5) is 5.69 Å². The van der Waals surface area contributed by atoms with Crippen LogP contribution >= 0.6 is 15.9 Å². The van der Waals surface area contributed by atoms with Crippen LogP contribution in [0, 0.1) is 0 Å². The van der Waals surface area contributed by atoms with Crippen LogP contribution in [0.15, 0.2) is 15.5 Å². The topological polar surface area (TPSA) is 81.1 Å². The minimum absolute atomic E-state index is 0.199. The lowest BCUT2D eigenvalue weighted by Crippen LogP contribution is -2.38. The van der Waals surface area contributed by atoms with Crippen LogP contribution in [0.5, 0.6) is 0 Å². The molecule has 0 aliphatic heterocycles. The fraction of sp³-hybridized carbons (Fsp3) is 0.692. The summed E-state index contributed by atoms with van der Waals surface area (Å²) in [5.74, 6) is 0. The molecule has 1 aromatic rings. The third-order valence-corrected chi connectivity index (χ3v) is 6.33. The molecule has 0 aliphatic carbocycles. The molecule has 0 atom stereocenters. The number of halogens is 1. The molecule has 0 saturated carbocycles. The molecule has 0 aromatic carbocycles. The van der Waals surface area contributed by atoms with Gasteiger partial charge in [0.1, 0.15) is 4.47 Å². The molecule has 0 bridgehead atoms. The van der Waals surface area contributed by atoms with Gasteiger partial charge in [-0.2, -0.15) is 5.10 Å². The summed E-state index contributed by atoms with van der Waals surface area (Å²) in [6.07, 6.45) is 4.60. The summed E-state index contributed by atoms with van der Waals surface area (Å²) in [4.78, 5) is 12.1. The van der Waals surface area contributed by atoms with Gasteiger partial charge in [-0.1, -0.05) is 13.3 Å². The van der Waals surface area contributed by atoms with E-state index in [2.05, 4.69) is 26.3 Å². The zero-order valence-electron chi connectivity index (χ0n) is 12.8. The lowest BCUT2D eigenvalue weighted by Gasteiger charge is -2.23. The van der Waals surface area contributed by atoms with E-state index in [9.17, 15) is 13.2 Å². The zero-order valence-corrected chi connectivity index (χ0v) is 15.2. The van der Waals surface area contributed by atoms with Crippen molar-refractivity contribution >= 4 is 31.5 Å². The molecule has 0 unspecified atom stereocenters. The molecule has 0 saturated heterocycles. The lowest BCUT2D eigenvalue weighted by molar-refractivity contribution is 0.540. The molecule has 8 heteroatoms. The molecule has 0 amide bonds. The monoisotopic (exact) mass is 379 g/mol. The number of nitrogens with one attached hydrogen (secondary N) is 1. The Labute approximate surface area is 134 Å². The van der Waals surface area contributed by atoms with E-state index >= 15 is 0 Å². The van der Waals surface area contributed by atoms with E-state index in [0.717, 1.165) is 12.8 Å². The Hall–Kier alpha value is -0.890. The largest absolute Gasteiger partial charge is 0.381 e. The first-order chi connectivity index (χ1) is 9.60. The third-order valence-electron chi connectivity index (χ3n) is 3.42. The fourth-order valence-corrected chi connectivity index (χ4v) is 2.28. The molecule has 120 valence electrons. The zero-order chi connectivity index (χ0) is 16.3. The van der Waals surface area contributed by atoms with Crippen LogP contribution in [0.2, 0.25) is 0 Å². The summed E-state index contributed by atoms with van der Waals surface area (Å²) in [6.45, 7) is 6.09. The normalized spacial score (nSPS) is 12.4. The molecular weight excluding hydrogens is 358 g/mol. The number of unbranched alkanes of at least 4 members (excludes halogenated alkanes) is 1. The Morgan fingerprint density at radius 3 is 2.57 bits per heavy atom. The van der Waals surface area contributed by atoms with E-state index in [1.807, 2.05) is 6.92 Å². The Kier molecular flexibility index (Phi) is 5.98. The minimum Gasteiger partial charge on any atom is -0.381 e. The predicted molar refractivity (Wildman–Crippen MR) is 88.5 cm³/mol. The van der Waals surface area contributed by atoms with E-state index in [1.54, 1.807) is 20.0 Å². The first-order valence-electron chi connectivity index (χ1n) is 6.79. The summed E-state index contributed by atoms with van der Waals surface area (Å²) < 4.78 is 24.2. The maximum absolute atomic E-state index is 12.1. The number of sulfone groups is 1. The average Bonchev–Trinajstić information content (AvgIpc) is 2.38. The first-order valence-corrected chi connectivity index (χ1v) is 9.47. The molecule has 1 aromatic heterocycles. The third kappa shape index (κ3) is 4.54. The van der Waals surface area contributed by atoms with Crippen LogP contribution in [-0.2, 0) is 16.4 Å². The molecule has 1 rings (SSSR count). The molecule has 21 heavy (non-hydrogen) atoms. The number of aromatic nitrogens is 2. The van der Waals surface area contributed by atoms with Gasteiger partial charge in [0.2, 0.25) is 0 Å². The highest BCUT2D eigenvalue weighted by molar-refractivity contribution is 9.10. The van der Waals surface area contributed by atoms with E-state index in [1.165, 1.54) is 10.9 Å². The second-order valence-electron chi connectivity index (χ2n) is 5.64. The second-order valence-corrected chi connectivity index (χ2v) is 9.08. The summed E-state index contributed by atoms with van der Waals surface area (Å²) in [7, 11) is -3.20. The molecular formula is C13H22BrN3O3S. The summed E-state index contributed by atoms with van der Waals surface area (Å²) >= 11 is 3.26. The average molecular weight is 380 g/mol. The van der Waals surface area contributed by atoms with Gasteiger partial charge >= 0.3 is 0 Å². The van der Waals surface area contributed by atoms with E-state index in [4.69, 9.17) is 0 Å². The van der Waals surface area contributed by atoms with Crippen LogP contribution in [-0.4, -0.2) is 35.7 Å². The second kappa shape index (κ2) is 6.91. The molecule has 0 fully saturated rings. The van der Waals surface area contributed by atoms with Gasteiger partial charge in [-0.3, -0.25) is 4.79 Å². The van der Waals surface area contributed by atoms with Gasteiger partial charge < -0.3 is 5.32 Å². The fourth-order valence-electron chi connectivity index (χ4n) is 1.49. The van der Waals surface area contributed by atoms with Crippen LogP contribution < -0.4 is 10.9 Å². The highest BCUT2D eigenvalue weighted by Gasteiger charge is 2.30. The molecule has 0 spiro atoms. The quantitative estimate of drug-likeness (QED) is 0.783. The number of rotatable bonds is 7. The van der Waals surface area contributed by atoms with Gasteiger partial charge in [0.15, 0.2) is 9.84 Å². The van der Waals surface area contributed by atoms with Crippen LogP contribution in [0.25, 0.3) is 0 Å². The Balaban J connectivity index is 2.92. The molecule has 1 heterocycles. The SMILES string of the molecule is CCCCn1ncc(NCC(C)(C)S(C)(=O)=O)c(Br)c1=O. The first kappa shape index (κ1) is 18.2. The van der Waals surface area contributed by atoms with Gasteiger partial charge in [-0.15, -0.1) is 0 Å². The standard InChI is InChI=1S/C13H22BrN3O3S/c1-5-6-7-17-12(18)11(14)10(8-16-17)15-9-13(2,3)21(4,19)20/h8,15H,5-7,9H2,1-4H3. The number of anilines is 1. The van der Waals surface area contributed by atoms with Gasteiger partial charge in [0.05, 0.1) is 16.6 Å². The van der Waals surface area contributed by atoms with Gasteiger partial charge in [0.25, 0.3) is 5.56 Å². The van der Waals surface area contributed by atoms with Crippen molar-refractivity contribution < 1.29 is 8.42 Å². The van der Waals surface area contributed by atoms with E-state index in [-0.39, 0.29) is 12.1 Å². The van der Waals surface area contributed by atoms with Gasteiger partial charge in [-0.05, 0) is 36.2 Å². The Morgan fingerprint density at radius 2 is 2.05 bits per heavy atom. The van der Waals surface area contributed by atoms with Gasteiger partial charge in [-0.25, -0.2) is 13.1 Å². The van der Waals surface area contributed by atoms with Crippen molar-refractivity contribution in [3.63, 3.8) is 0 Å².